The Labute approximate surface area is 80.3 Å². The maximum atomic E-state index is 8.72. The molecule has 0 aliphatic heterocycles. The van der Waals surface area contributed by atoms with Crippen molar-refractivity contribution in [1.82, 2.24) is 10.2 Å². The monoisotopic (exact) mass is 204 g/mol. The van der Waals surface area contributed by atoms with Gasteiger partial charge < -0.3 is 14.6 Å². The van der Waals surface area contributed by atoms with Gasteiger partial charge in [0.25, 0.3) is 5.19 Å². The van der Waals surface area contributed by atoms with Crippen LogP contribution in [-0.2, 0) is 11.3 Å². The van der Waals surface area contributed by atoms with E-state index in [1.54, 1.807) is 7.11 Å². The van der Waals surface area contributed by atoms with E-state index < -0.39 is 0 Å². The average molecular weight is 204 g/mol. The molecule has 1 aromatic rings. The Hall–Kier alpha value is -0.720. The van der Waals surface area contributed by atoms with Crippen LogP contribution in [-0.4, -0.2) is 35.1 Å². The maximum Gasteiger partial charge on any atom is 0.294 e. The number of aliphatic hydroxyl groups excluding tert-OH is 1. The maximum absolute atomic E-state index is 8.72. The van der Waals surface area contributed by atoms with Crippen molar-refractivity contribution in [1.29, 1.82) is 0 Å². The van der Waals surface area contributed by atoms with Crippen molar-refractivity contribution in [2.45, 2.75) is 19.6 Å². The molecule has 0 aromatic carbocycles. The topological polar surface area (TPSA) is 64.5 Å². The summed E-state index contributed by atoms with van der Waals surface area (Å²) < 4.78 is 10.2. The third kappa shape index (κ3) is 3.25. The van der Waals surface area contributed by atoms with Gasteiger partial charge in [-0.2, -0.15) is 0 Å². The molecule has 1 aromatic heterocycles. The fourth-order valence-electron chi connectivity index (χ4n) is 0.791. The quantitative estimate of drug-likeness (QED) is 0.754. The molecule has 0 amide bonds. The largest absolute Gasteiger partial charge is 0.463 e. The van der Waals surface area contributed by atoms with Gasteiger partial charge in [-0.3, -0.25) is 0 Å². The summed E-state index contributed by atoms with van der Waals surface area (Å²) in [6.45, 7) is 2.29. The highest BCUT2D eigenvalue weighted by atomic mass is 32.1. The third-order valence-corrected chi connectivity index (χ3v) is 2.09. The first-order valence-corrected chi connectivity index (χ1v) is 4.66. The Morgan fingerprint density at radius 3 is 2.85 bits per heavy atom. The van der Waals surface area contributed by atoms with Gasteiger partial charge in [-0.1, -0.05) is 16.4 Å². The van der Waals surface area contributed by atoms with E-state index in [2.05, 4.69) is 10.2 Å². The third-order valence-electron chi connectivity index (χ3n) is 1.29. The highest BCUT2D eigenvalue weighted by Crippen LogP contribution is 2.18. The smallest absolute Gasteiger partial charge is 0.294 e. The van der Waals surface area contributed by atoms with Crippen molar-refractivity contribution in [2.24, 2.45) is 0 Å². The van der Waals surface area contributed by atoms with E-state index in [0.717, 1.165) is 0 Å². The number of aromatic nitrogens is 2. The summed E-state index contributed by atoms with van der Waals surface area (Å²) in [6, 6.07) is 0. The molecule has 0 fully saturated rings. The molecule has 1 rings (SSSR count). The van der Waals surface area contributed by atoms with Gasteiger partial charge in [0.05, 0.1) is 13.2 Å². The predicted molar refractivity (Wildman–Crippen MR) is 47.8 cm³/mol. The Morgan fingerprint density at radius 1 is 1.54 bits per heavy atom. The van der Waals surface area contributed by atoms with Crippen molar-refractivity contribution in [2.75, 3.05) is 13.7 Å². The minimum Gasteiger partial charge on any atom is -0.463 e. The summed E-state index contributed by atoms with van der Waals surface area (Å²) in [5.41, 5.74) is 0. The van der Waals surface area contributed by atoms with E-state index in [1.807, 2.05) is 6.92 Å². The second-order valence-electron chi connectivity index (χ2n) is 2.50. The average Bonchev–Trinajstić information content (AvgIpc) is 2.52. The number of aliphatic hydroxyl groups is 1. The van der Waals surface area contributed by atoms with Crippen LogP contribution in [0.5, 0.6) is 5.19 Å². The van der Waals surface area contributed by atoms with Gasteiger partial charge in [0, 0.05) is 7.11 Å². The number of methoxy groups -OCH3 is 1. The normalized spacial score (nSPS) is 12.8. The molecular formula is C7H12N2O3S. The zero-order valence-electron chi connectivity index (χ0n) is 7.56. The van der Waals surface area contributed by atoms with Gasteiger partial charge in [0.15, 0.2) is 0 Å². The summed E-state index contributed by atoms with van der Waals surface area (Å²) in [5.74, 6) is 0. The molecule has 0 aliphatic carbocycles. The molecule has 5 nitrogen and oxygen atoms in total. The van der Waals surface area contributed by atoms with Crippen LogP contribution in [0, 0.1) is 0 Å². The Kier molecular flexibility index (Phi) is 4.07. The molecule has 0 saturated carbocycles. The number of hydrogen-bond acceptors (Lipinski definition) is 6. The van der Waals surface area contributed by atoms with Gasteiger partial charge in [0.2, 0.25) is 0 Å². The van der Waals surface area contributed by atoms with E-state index in [0.29, 0.717) is 16.8 Å². The summed E-state index contributed by atoms with van der Waals surface area (Å²) in [5, 5.41) is 17.2. The zero-order valence-corrected chi connectivity index (χ0v) is 8.37. The first kappa shape index (κ1) is 10.4. The molecule has 0 radical (unpaired) electrons. The van der Waals surface area contributed by atoms with Crippen molar-refractivity contribution in [3.05, 3.63) is 5.01 Å². The molecule has 6 heteroatoms. The van der Waals surface area contributed by atoms with Gasteiger partial charge >= 0.3 is 0 Å². The highest BCUT2D eigenvalue weighted by molar-refractivity contribution is 7.13. The molecule has 1 unspecified atom stereocenters. The number of nitrogens with zero attached hydrogens (tertiary/aromatic N) is 2. The minimum absolute atomic E-state index is 0.0514. The van der Waals surface area contributed by atoms with Gasteiger partial charge in [0.1, 0.15) is 11.1 Å². The van der Waals surface area contributed by atoms with Crippen LogP contribution in [0.4, 0.5) is 0 Å². The summed E-state index contributed by atoms with van der Waals surface area (Å²) in [4.78, 5) is 0. The van der Waals surface area contributed by atoms with Crippen LogP contribution in [0.3, 0.4) is 0 Å². The van der Waals surface area contributed by atoms with Crippen molar-refractivity contribution in [3.63, 3.8) is 0 Å². The molecule has 0 bridgehead atoms. The standard InChI is InChI=1S/C7H12N2O3S/c1-5(4-11-2)12-7-9-8-6(3-10)13-7/h5,10H,3-4H2,1-2H3. The van der Waals surface area contributed by atoms with E-state index in [1.165, 1.54) is 11.3 Å². The second kappa shape index (κ2) is 5.11. The van der Waals surface area contributed by atoms with E-state index in [-0.39, 0.29) is 12.7 Å². The molecule has 1 atom stereocenters. The zero-order chi connectivity index (χ0) is 9.68. The van der Waals surface area contributed by atoms with Gasteiger partial charge in [-0.25, -0.2) is 0 Å². The second-order valence-corrected chi connectivity index (χ2v) is 3.53. The molecular weight excluding hydrogens is 192 g/mol. The van der Waals surface area contributed by atoms with E-state index in [4.69, 9.17) is 14.6 Å². The number of hydrogen-bond donors (Lipinski definition) is 1. The van der Waals surface area contributed by atoms with Crippen molar-refractivity contribution in [3.8, 4) is 5.19 Å². The molecule has 0 saturated heterocycles. The van der Waals surface area contributed by atoms with Crippen LogP contribution >= 0.6 is 11.3 Å². The minimum atomic E-state index is -0.0975. The number of rotatable bonds is 5. The molecule has 13 heavy (non-hydrogen) atoms. The first-order valence-electron chi connectivity index (χ1n) is 3.85. The van der Waals surface area contributed by atoms with Gasteiger partial charge in [-0.05, 0) is 6.92 Å². The van der Waals surface area contributed by atoms with E-state index in [9.17, 15) is 0 Å². The Bertz CT molecular complexity index is 254. The van der Waals surface area contributed by atoms with Crippen molar-refractivity contribution < 1.29 is 14.6 Å². The fourth-order valence-corrected chi connectivity index (χ4v) is 1.43. The van der Waals surface area contributed by atoms with Crippen LogP contribution in [0.15, 0.2) is 0 Å². The highest BCUT2D eigenvalue weighted by Gasteiger charge is 2.08. The first-order chi connectivity index (χ1) is 6.26. The van der Waals surface area contributed by atoms with Crippen LogP contribution in [0.25, 0.3) is 0 Å². The molecule has 0 aliphatic rings. The van der Waals surface area contributed by atoms with E-state index >= 15 is 0 Å². The number of ether oxygens (including phenoxy) is 2. The van der Waals surface area contributed by atoms with Crippen molar-refractivity contribution >= 4 is 11.3 Å². The van der Waals surface area contributed by atoms with Crippen LogP contribution in [0.2, 0.25) is 0 Å². The van der Waals surface area contributed by atoms with Crippen LogP contribution < -0.4 is 4.74 Å². The molecule has 1 heterocycles. The summed E-state index contributed by atoms with van der Waals surface area (Å²) in [7, 11) is 1.61. The summed E-state index contributed by atoms with van der Waals surface area (Å²) >= 11 is 1.24. The lowest BCUT2D eigenvalue weighted by Gasteiger charge is -2.09. The Balaban J connectivity index is 2.44. The lowest BCUT2D eigenvalue weighted by atomic mass is 10.4. The summed E-state index contributed by atoms with van der Waals surface area (Å²) in [6.07, 6.45) is -0.0514. The lowest BCUT2D eigenvalue weighted by Crippen LogP contribution is -2.17. The fraction of sp³-hybridized carbons (Fsp3) is 0.714. The SMILES string of the molecule is COCC(C)Oc1nnc(CO)s1. The lowest BCUT2D eigenvalue weighted by molar-refractivity contribution is 0.0913. The van der Waals surface area contributed by atoms with Crippen LogP contribution in [0.1, 0.15) is 11.9 Å². The van der Waals surface area contributed by atoms with Gasteiger partial charge in [-0.15, -0.1) is 5.10 Å². The molecule has 74 valence electrons. The molecule has 0 spiro atoms. The molecule has 1 N–H and O–H groups in total. The Morgan fingerprint density at radius 2 is 2.31 bits per heavy atom. The predicted octanol–water partition coefficient (Wildman–Crippen LogP) is 0.444.